The first kappa shape index (κ1) is 15.7. The summed E-state index contributed by atoms with van der Waals surface area (Å²) in [6.45, 7) is 8.21. The summed E-state index contributed by atoms with van der Waals surface area (Å²) in [6.07, 6.45) is -0.154. The number of nitrogens with one attached hydrogen (secondary N) is 1. The zero-order chi connectivity index (χ0) is 13.9. The van der Waals surface area contributed by atoms with Crippen molar-refractivity contribution in [2.24, 2.45) is 5.92 Å². The Labute approximate surface area is 113 Å². The molecular weight excluding hydrogens is 270 g/mol. The number of carbonyl (C=O) groups excluding carboxylic acids is 2. The van der Waals surface area contributed by atoms with Gasteiger partial charge in [0.1, 0.15) is 6.61 Å². The summed E-state index contributed by atoms with van der Waals surface area (Å²) < 4.78 is 10.7. The Morgan fingerprint density at radius 3 is 2.56 bits per heavy atom. The molecule has 0 saturated carbocycles. The Hall–Kier alpha value is -0.373. The summed E-state index contributed by atoms with van der Waals surface area (Å²) in [5.41, 5.74) is 0. The molecule has 0 aliphatic carbocycles. The molecule has 1 saturated heterocycles. The van der Waals surface area contributed by atoms with Crippen LogP contribution >= 0.6 is 11.8 Å². The first-order valence-corrected chi connectivity index (χ1v) is 10.2. The van der Waals surface area contributed by atoms with Gasteiger partial charge in [-0.2, -0.15) is 0 Å². The molecule has 18 heavy (non-hydrogen) atoms. The topological polar surface area (TPSA) is 64.6 Å². The van der Waals surface area contributed by atoms with Crippen LogP contribution in [0.5, 0.6) is 0 Å². The molecule has 5 nitrogen and oxygen atoms in total. The molecule has 1 N–H and O–H groups in total. The zero-order valence-corrected chi connectivity index (χ0v) is 13.3. The van der Waals surface area contributed by atoms with Crippen molar-refractivity contribution in [3.8, 4) is 0 Å². The fraction of sp³-hybridized carbons (Fsp3) is 0.818. The standard InChI is InChI=1S/C11H21NO4SSi/c1-7(16-18(3,4)5)9-10(14)12-11(9)17-8(13)6-15-2/h7,9,11H,6H2,1-5H3,(H,12,14)/t7-,9+,11-/m1/s1. The van der Waals surface area contributed by atoms with Gasteiger partial charge in [-0.25, -0.2) is 0 Å². The lowest BCUT2D eigenvalue weighted by atomic mass is 9.96. The molecule has 7 heteroatoms. The van der Waals surface area contributed by atoms with E-state index in [1.807, 2.05) is 6.92 Å². The van der Waals surface area contributed by atoms with Crippen LogP contribution in [0.3, 0.4) is 0 Å². The second-order valence-corrected chi connectivity index (χ2v) is 11.0. The number of methoxy groups -OCH3 is 1. The van der Waals surface area contributed by atoms with E-state index in [1.165, 1.54) is 7.11 Å². The number of carbonyl (C=O) groups is 2. The van der Waals surface area contributed by atoms with Crippen LogP contribution < -0.4 is 5.32 Å². The molecule has 104 valence electrons. The van der Waals surface area contributed by atoms with Gasteiger partial charge < -0.3 is 14.5 Å². The fourth-order valence-corrected chi connectivity index (χ4v) is 4.25. The monoisotopic (exact) mass is 291 g/mol. The molecule has 1 aliphatic rings. The van der Waals surface area contributed by atoms with E-state index in [-0.39, 0.29) is 35.0 Å². The van der Waals surface area contributed by atoms with Crippen molar-refractivity contribution in [3.63, 3.8) is 0 Å². The quantitative estimate of drug-likeness (QED) is 0.588. The van der Waals surface area contributed by atoms with Crippen molar-refractivity contribution in [1.29, 1.82) is 0 Å². The lowest BCUT2D eigenvalue weighted by Crippen LogP contribution is -2.62. The summed E-state index contributed by atoms with van der Waals surface area (Å²) in [5.74, 6) is -0.286. The number of hydrogen-bond acceptors (Lipinski definition) is 5. The van der Waals surface area contributed by atoms with Gasteiger partial charge in [0.15, 0.2) is 8.32 Å². The van der Waals surface area contributed by atoms with Crippen LogP contribution in [-0.4, -0.2) is 44.5 Å². The number of hydrogen-bond donors (Lipinski definition) is 1. The first-order chi connectivity index (χ1) is 8.24. The Balaban J connectivity index is 2.52. The third kappa shape index (κ3) is 4.38. The second-order valence-electron chi connectivity index (χ2n) is 5.31. The summed E-state index contributed by atoms with van der Waals surface area (Å²) in [5, 5.41) is 2.47. The fourth-order valence-electron chi connectivity index (χ4n) is 1.85. The van der Waals surface area contributed by atoms with E-state index in [4.69, 9.17) is 9.16 Å². The Morgan fingerprint density at radius 1 is 1.50 bits per heavy atom. The van der Waals surface area contributed by atoms with Crippen molar-refractivity contribution in [1.82, 2.24) is 5.32 Å². The first-order valence-electron chi connectivity index (χ1n) is 5.91. The smallest absolute Gasteiger partial charge is 0.229 e. The lowest BCUT2D eigenvalue weighted by molar-refractivity contribution is -0.136. The van der Waals surface area contributed by atoms with Gasteiger partial charge in [-0.15, -0.1) is 0 Å². The van der Waals surface area contributed by atoms with Crippen LogP contribution in [0.25, 0.3) is 0 Å². The Bertz CT molecular complexity index is 331. The van der Waals surface area contributed by atoms with Gasteiger partial charge in [0.2, 0.25) is 11.0 Å². The van der Waals surface area contributed by atoms with Crippen LogP contribution in [0, 0.1) is 5.92 Å². The van der Waals surface area contributed by atoms with E-state index in [0.717, 1.165) is 11.8 Å². The maximum Gasteiger partial charge on any atom is 0.229 e. The number of amides is 1. The van der Waals surface area contributed by atoms with Gasteiger partial charge in [-0.1, -0.05) is 11.8 Å². The largest absolute Gasteiger partial charge is 0.414 e. The van der Waals surface area contributed by atoms with E-state index in [0.29, 0.717) is 0 Å². The number of rotatable bonds is 6. The van der Waals surface area contributed by atoms with Crippen molar-refractivity contribution >= 4 is 31.1 Å². The summed E-state index contributed by atoms with van der Waals surface area (Å²) >= 11 is 1.12. The molecule has 1 fully saturated rings. The number of ether oxygens (including phenoxy) is 1. The molecule has 1 aliphatic heterocycles. The molecule has 1 rings (SSSR count). The highest BCUT2D eigenvalue weighted by atomic mass is 32.2. The van der Waals surface area contributed by atoms with Gasteiger partial charge in [0.05, 0.1) is 17.4 Å². The van der Waals surface area contributed by atoms with Gasteiger partial charge in [-0.3, -0.25) is 9.59 Å². The van der Waals surface area contributed by atoms with E-state index in [9.17, 15) is 9.59 Å². The molecule has 0 spiro atoms. The molecule has 3 atom stereocenters. The lowest BCUT2D eigenvalue weighted by Gasteiger charge is -2.41. The molecule has 1 amide bonds. The number of β-lactam (4-membered cyclic amide) rings is 1. The molecule has 0 aromatic heterocycles. The highest BCUT2D eigenvalue weighted by molar-refractivity contribution is 8.14. The average Bonchev–Trinajstić information content (AvgIpc) is 2.13. The minimum atomic E-state index is -1.68. The predicted molar refractivity (Wildman–Crippen MR) is 73.8 cm³/mol. The van der Waals surface area contributed by atoms with Crippen LogP contribution in [-0.2, 0) is 18.8 Å². The van der Waals surface area contributed by atoms with E-state index in [1.54, 1.807) is 0 Å². The molecule has 1 heterocycles. The van der Waals surface area contributed by atoms with Crippen molar-refractivity contribution < 1.29 is 18.8 Å². The van der Waals surface area contributed by atoms with E-state index in [2.05, 4.69) is 25.0 Å². The molecule has 0 unspecified atom stereocenters. The van der Waals surface area contributed by atoms with Crippen molar-refractivity contribution in [2.45, 2.75) is 38.0 Å². The minimum absolute atomic E-state index is 0.0385. The van der Waals surface area contributed by atoms with Crippen LogP contribution in [0.1, 0.15) is 6.92 Å². The average molecular weight is 291 g/mol. The summed E-state index contributed by atoms with van der Waals surface area (Å²) in [6, 6.07) is 0. The van der Waals surface area contributed by atoms with Crippen molar-refractivity contribution in [2.75, 3.05) is 13.7 Å². The molecule has 0 aromatic carbocycles. The highest BCUT2D eigenvalue weighted by Crippen LogP contribution is 2.31. The van der Waals surface area contributed by atoms with Gasteiger partial charge in [-0.05, 0) is 26.6 Å². The molecule has 0 aromatic rings. The van der Waals surface area contributed by atoms with E-state index >= 15 is 0 Å². The Morgan fingerprint density at radius 2 is 2.11 bits per heavy atom. The van der Waals surface area contributed by atoms with Crippen LogP contribution in [0.4, 0.5) is 0 Å². The third-order valence-electron chi connectivity index (χ3n) is 2.48. The molecule has 0 bridgehead atoms. The SMILES string of the molecule is COCC(=O)S[C@H]1NC(=O)[C@@H]1[C@@H](C)O[Si](C)(C)C. The number of thioether (sulfide) groups is 1. The van der Waals surface area contributed by atoms with Crippen molar-refractivity contribution in [3.05, 3.63) is 0 Å². The molecule has 0 radical (unpaired) electrons. The highest BCUT2D eigenvalue weighted by Gasteiger charge is 2.45. The van der Waals surface area contributed by atoms with Gasteiger partial charge >= 0.3 is 0 Å². The zero-order valence-electron chi connectivity index (χ0n) is 11.5. The van der Waals surface area contributed by atoms with Crippen LogP contribution in [0.15, 0.2) is 0 Å². The normalized spacial score (nSPS) is 25.3. The maximum absolute atomic E-state index is 11.6. The van der Waals surface area contributed by atoms with E-state index < -0.39 is 8.32 Å². The minimum Gasteiger partial charge on any atom is -0.414 e. The summed E-state index contributed by atoms with van der Waals surface area (Å²) in [4.78, 5) is 23.0. The molecular formula is C11H21NO4SSi. The third-order valence-corrected chi connectivity index (χ3v) is 4.60. The van der Waals surface area contributed by atoms with Gasteiger partial charge in [0.25, 0.3) is 0 Å². The Kier molecular flexibility index (Phi) is 5.39. The van der Waals surface area contributed by atoms with Gasteiger partial charge in [0, 0.05) is 7.11 Å². The predicted octanol–water partition coefficient (Wildman–Crippen LogP) is 1.20. The summed E-state index contributed by atoms with van der Waals surface area (Å²) in [7, 11) is -0.200. The second kappa shape index (κ2) is 6.18. The maximum atomic E-state index is 11.6. The van der Waals surface area contributed by atoms with Crippen LogP contribution in [0.2, 0.25) is 19.6 Å².